The van der Waals surface area contributed by atoms with Crippen molar-refractivity contribution in [2.45, 2.75) is 52.6 Å². The predicted octanol–water partition coefficient (Wildman–Crippen LogP) is 3.39. The number of rotatable bonds is 0. The summed E-state index contributed by atoms with van der Waals surface area (Å²) in [6.07, 6.45) is 4.77. The highest BCUT2D eigenvalue weighted by Crippen LogP contribution is 2.72. The normalized spacial score (nSPS) is 54.1. The quantitative estimate of drug-likeness (QED) is 0.620. The van der Waals surface area contributed by atoms with E-state index >= 15 is 0 Å². The molecule has 0 aromatic rings. The van der Waals surface area contributed by atoms with Crippen molar-refractivity contribution in [1.82, 2.24) is 0 Å². The van der Waals surface area contributed by atoms with Gasteiger partial charge >= 0.3 is 0 Å². The molecule has 3 aliphatic carbocycles. The Labute approximate surface area is 98.9 Å². The van der Waals surface area contributed by atoms with Crippen LogP contribution in [0.25, 0.3) is 0 Å². The lowest BCUT2D eigenvalue weighted by atomic mass is 9.66. The number of fused-ring (bicyclic) bond motifs is 1. The first-order valence-corrected chi connectivity index (χ1v) is 6.76. The van der Waals surface area contributed by atoms with Gasteiger partial charge in [-0.3, -0.25) is 0 Å². The van der Waals surface area contributed by atoms with E-state index < -0.39 is 0 Å². The maximum absolute atomic E-state index is 10.3. The molecule has 1 N–H and O–H groups in total. The summed E-state index contributed by atoms with van der Waals surface area (Å²) in [6.45, 7) is 11.4. The van der Waals surface area contributed by atoms with E-state index in [0.29, 0.717) is 16.7 Å². The van der Waals surface area contributed by atoms with Crippen molar-refractivity contribution in [1.29, 1.82) is 0 Å². The average molecular weight is 220 g/mol. The van der Waals surface area contributed by atoms with Gasteiger partial charge in [-0.05, 0) is 59.8 Å². The molecule has 0 saturated heterocycles. The lowest BCUT2D eigenvalue weighted by Crippen LogP contribution is -2.36. The largest absolute Gasteiger partial charge is 0.389 e. The van der Waals surface area contributed by atoms with Gasteiger partial charge < -0.3 is 5.11 Å². The second kappa shape index (κ2) is 2.93. The summed E-state index contributed by atoms with van der Waals surface area (Å²) >= 11 is 0. The summed E-state index contributed by atoms with van der Waals surface area (Å²) in [4.78, 5) is 0. The van der Waals surface area contributed by atoms with Gasteiger partial charge in [-0.2, -0.15) is 0 Å². The zero-order chi connectivity index (χ0) is 11.7. The van der Waals surface area contributed by atoms with Crippen LogP contribution in [0.1, 0.15) is 46.5 Å². The molecule has 1 nitrogen and oxygen atoms in total. The molecule has 0 aliphatic heterocycles. The minimum Gasteiger partial charge on any atom is -0.389 e. The Balaban J connectivity index is 2.10. The Bertz CT molecular complexity index is 343. The molecule has 2 bridgehead atoms. The third-order valence-electron chi connectivity index (χ3n) is 6.39. The second-order valence-electron chi connectivity index (χ2n) is 7.14. The van der Waals surface area contributed by atoms with Crippen LogP contribution < -0.4 is 0 Å². The van der Waals surface area contributed by atoms with Gasteiger partial charge in [0.2, 0.25) is 0 Å². The second-order valence-corrected chi connectivity index (χ2v) is 7.14. The summed E-state index contributed by atoms with van der Waals surface area (Å²) in [5.41, 5.74) is 1.92. The van der Waals surface area contributed by atoms with E-state index in [0.717, 1.165) is 23.8 Å². The first-order chi connectivity index (χ1) is 7.39. The summed E-state index contributed by atoms with van der Waals surface area (Å²) < 4.78 is 0. The summed E-state index contributed by atoms with van der Waals surface area (Å²) in [5.74, 6) is 2.17. The number of hydrogen-bond donors (Lipinski definition) is 1. The smallest absolute Gasteiger partial charge is 0.0755 e. The minimum atomic E-state index is -0.233. The van der Waals surface area contributed by atoms with Crippen LogP contribution >= 0.6 is 0 Å². The fraction of sp³-hybridized carbons (Fsp3) is 0.867. The highest BCUT2D eigenvalue weighted by molar-refractivity contribution is 5.26. The lowest BCUT2D eigenvalue weighted by Gasteiger charge is -2.40. The Morgan fingerprint density at radius 1 is 1.25 bits per heavy atom. The molecule has 1 heteroatoms. The molecule has 90 valence electrons. The standard InChI is InChI=1S/C15H24O/c1-9-5-6-13-14(3,4)11-7-15(9,13)8-12(16)10(11)2/h9,11-13,16H,2,5-8H2,1,3-4H3/t9-,11-,12?,13+,15+/m1/s1. The predicted molar refractivity (Wildman–Crippen MR) is 66.0 cm³/mol. The van der Waals surface area contributed by atoms with E-state index in [9.17, 15) is 5.11 Å². The summed E-state index contributed by atoms with van der Waals surface area (Å²) in [5, 5.41) is 10.3. The zero-order valence-corrected chi connectivity index (χ0v) is 10.8. The Morgan fingerprint density at radius 3 is 2.62 bits per heavy atom. The Morgan fingerprint density at radius 2 is 1.94 bits per heavy atom. The van der Waals surface area contributed by atoms with Crippen LogP contribution in [0.15, 0.2) is 12.2 Å². The van der Waals surface area contributed by atoms with Gasteiger partial charge in [0.1, 0.15) is 0 Å². The fourth-order valence-electron chi connectivity index (χ4n) is 5.44. The molecule has 0 aromatic carbocycles. The van der Waals surface area contributed by atoms with Crippen LogP contribution in [0.4, 0.5) is 0 Å². The van der Waals surface area contributed by atoms with Crippen molar-refractivity contribution in [3.8, 4) is 0 Å². The Hall–Kier alpha value is -0.300. The molecule has 3 fully saturated rings. The number of aliphatic hydroxyl groups is 1. The number of aliphatic hydroxyl groups excluding tert-OH is 1. The SMILES string of the molecule is C=C1C(O)C[C@]23C[C@H]1C(C)(C)[C@@H]2CC[C@H]3C. The minimum absolute atomic E-state index is 0.233. The lowest BCUT2D eigenvalue weighted by molar-refractivity contribution is 0.0530. The average Bonchev–Trinajstić information content (AvgIpc) is 2.59. The number of hydrogen-bond acceptors (Lipinski definition) is 1. The van der Waals surface area contributed by atoms with E-state index in [4.69, 9.17) is 0 Å². The highest BCUT2D eigenvalue weighted by atomic mass is 16.3. The van der Waals surface area contributed by atoms with Crippen LogP contribution in [0, 0.1) is 28.6 Å². The molecule has 16 heavy (non-hydrogen) atoms. The third-order valence-corrected chi connectivity index (χ3v) is 6.39. The van der Waals surface area contributed by atoms with E-state index in [2.05, 4.69) is 27.4 Å². The molecule has 0 aromatic heterocycles. The zero-order valence-electron chi connectivity index (χ0n) is 10.8. The highest BCUT2D eigenvalue weighted by Gasteiger charge is 2.65. The molecule has 0 radical (unpaired) electrons. The molecule has 5 atom stereocenters. The van der Waals surface area contributed by atoms with Gasteiger partial charge in [-0.1, -0.05) is 27.4 Å². The molecular formula is C15H24O. The van der Waals surface area contributed by atoms with E-state index in [1.54, 1.807) is 0 Å². The van der Waals surface area contributed by atoms with Crippen molar-refractivity contribution < 1.29 is 5.11 Å². The van der Waals surface area contributed by atoms with Crippen LogP contribution in [-0.2, 0) is 0 Å². The van der Waals surface area contributed by atoms with Crippen molar-refractivity contribution in [2.75, 3.05) is 0 Å². The molecule has 1 unspecified atom stereocenters. The maximum atomic E-state index is 10.3. The van der Waals surface area contributed by atoms with Gasteiger partial charge in [0, 0.05) is 0 Å². The van der Waals surface area contributed by atoms with Crippen LogP contribution in [0.5, 0.6) is 0 Å². The Kier molecular flexibility index (Phi) is 1.98. The maximum Gasteiger partial charge on any atom is 0.0755 e. The monoisotopic (exact) mass is 220 g/mol. The van der Waals surface area contributed by atoms with Crippen molar-refractivity contribution >= 4 is 0 Å². The van der Waals surface area contributed by atoms with Crippen LogP contribution in [-0.4, -0.2) is 11.2 Å². The fourth-order valence-corrected chi connectivity index (χ4v) is 5.44. The molecule has 0 amide bonds. The van der Waals surface area contributed by atoms with Gasteiger partial charge in [0.05, 0.1) is 6.10 Å². The van der Waals surface area contributed by atoms with Crippen molar-refractivity contribution in [3.05, 3.63) is 12.2 Å². The molecular weight excluding hydrogens is 196 g/mol. The van der Waals surface area contributed by atoms with Gasteiger partial charge in [-0.25, -0.2) is 0 Å². The third kappa shape index (κ3) is 1.01. The summed E-state index contributed by atoms with van der Waals surface area (Å²) in [7, 11) is 0. The van der Waals surface area contributed by atoms with E-state index in [1.165, 1.54) is 19.3 Å². The van der Waals surface area contributed by atoms with E-state index in [1.807, 2.05) is 0 Å². The van der Waals surface area contributed by atoms with Crippen molar-refractivity contribution in [2.24, 2.45) is 28.6 Å². The first-order valence-electron chi connectivity index (χ1n) is 6.76. The first kappa shape index (κ1) is 10.8. The molecule has 3 aliphatic rings. The molecule has 3 saturated carbocycles. The summed E-state index contributed by atoms with van der Waals surface area (Å²) in [6, 6.07) is 0. The van der Waals surface area contributed by atoms with Gasteiger partial charge in [-0.15, -0.1) is 0 Å². The van der Waals surface area contributed by atoms with E-state index in [-0.39, 0.29) is 6.10 Å². The van der Waals surface area contributed by atoms with Crippen LogP contribution in [0.3, 0.4) is 0 Å². The molecule has 3 rings (SSSR count). The molecule has 1 spiro atoms. The molecule has 0 heterocycles. The van der Waals surface area contributed by atoms with Gasteiger partial charge in [0.25, 0.3) is 0 Å². The topological polar surface area (TPSA) is 20.2 Å². The van der Waals surface area contributed by atoms with Crippen molar-refractivity contribution in [3.63, 3.8) is 0 Å². The van der Waals surface area contributed by atoms with Gasteiger partial charge in [0.15, 0.2) is 0 Å². The van der Waals surface area contributed by atoms with Crippen LogP contribution in [0.2, 0.25) is 0 Å².